The van der Waals surface area contributed by atoms with Crippen LogP contribution in [0.2, 0.25) is 10.0 Å². The molecule has 0 bridgehead atoms. The lowest BCUT2D eigenvalue weighted by Crippen LogP contribution is -2.52. The Bertz CT molecular complexity index is 556. The van der Waals surface area contributed by atoms with E-state index < -0.39 is 0 Å². The van der Waals surface area contributed by atoms with Crippen LogP contribution in [0.3, 0.4) is 0 Å². The number of carbonyl (C=O) groups excluding carboxylic acids is 1. The molecule has 0 aromatic heterocycles. The van der Waals surface area contributed by atoms with E-state index in [2.05, 4.69) is 15.5 Å². The summed E-state index contributed by atoms with van der Waals surface area (Å²) in [6.07, 6.45) is 2.28. The Morgan fingerprint density at radius 1 is 1.33 bits per heavy atom. The van der Waals surface area contributed by atoms with E-state index in [9.17, 15) is 4.79 Å². The number of benzene rings is 1. The van der Waals surface area contributed by atoms with Crippen LogP contribution in [0.4, 0.5) is 0 Å². The van der Waals surface area contributed by atoms with E-state index in [1.165, 1.54) is 0 Å². The number of hydrogen-bond acceptors (Lipinski definition) is 3. The maximum atomic E-state index is 12.6. The molecule has 2 rings (SSSR count). The largest absolute Gasteiger partial charge is 0.348 e. The van der Waals surface area contributed by atoms with E-state index in [0.29, 0.717) is 16.1 Å². The highest BCUT2D eigenvalue weighted by atomic mass is 35.5. The van der Waals surface area contributed by atoms with Gasteiger partial charge in [0.2, 0.25) is 5.91 Å². The molecular formula is C17H26Cl3N3O. The minimum Gasteiger partial charge on any atom is -0.348 e. The quantitative estimate of drug-likeness (QED) is 0.801. The number of carbonyl (C=O) groups is 1. The van der Waals surface area contributed by atoms with E-state index in [1.54, 1.807) is 12.1 Å². The number of nitrogens with zero attached hydrogens (tertiary/aromatic N) is 1. The minimum absolute atomic E-state index is 0. The summed E-state index contributed by atoms with van der Waals surface area (Å²) in [6.45, 7) is 5.76. The fourth-order valence-corrected chi connectivity index (χ4v) is 3.60. The number of nitrogens with one attached hydrogen (secondary N) is 2. The molecule has 3 unspecified atom stereocenters. The second-order valence-corrected chi connectivity index (χ2v) is 7.04. The van der Waals surface area contributed by atoms with Gasteiger partial charge in [-0.3, -0.25) is 9.69 Å². The summed E-state index contributed by atoms with van der Waals surface area (Å²) in [5, 5.41) is 7.53. The zero-order valence-corrected chi connectivity index (χ0v) is 16.6. The predicted molar refractivity (Wildman–Crippen MR) is 103 cm³/mol. The van der Waals surface area contributed by atoms with Crippen molar-refractivity contribution in [3.63, 3.8) is 0 Å². The first-order chi connectivity index (χ1) is 10.9. The van der Waals surface area contributed by atoms with Crippen LogP contribution in [-0.4, -0.2) is 43.0 Å². The number of rotatable bonds is 5. The summed E-state index contributed by atoms with van der Waals surface area (Å²) in [5.41, 5.74) is 0.878. The first-order valence-electron chi connectivity index (χ1n) is 8.09. The number of likely N-dealkylation sites (N-methyl/N-ethyl adjacent to an activating group) is 1. The maximum Gasteiger partial charge on any atom is 0.237 e. The van der Waals surface area contributed by atoms with E-state index in [4.69, 9.17) is 23.2 Å². The third kappa shape index (κ3) is 5.50. The van der Waals surface area contributed by atoms with Crippen LogP contribution in [0.5, 0.6) is 0 Å². The van der Waals surface area contributed by atoms with Gasteiger partial charge in [-0.25, -0.2) is 0 Å². The third-order valence-electron chi connectivity index (χ3n) is 4.58. The molecule has 1 aliphatic heterocycles. The topological polar surface area (TPSA) is 44.4 Å². The summed E-state index contributed by atoms with van der Waals surface area (Å²) >= 11 is 12.1. The first-order valence-corrected chi connectivity index (χ1v) is 8.84. The average molecular weight is 395 g/mol. The molecule has 1 fully saturated rings. The fraction of sp³-hybridized carbons (Fsp3) is 0.588. The van der Waals surface area contributed by atoms with E-state index >= 15 is 0 Å². The normalized spacial score (nSPS) is 20.8. The van der Waals surface area contributed by atoms with Crippen LogP contribution in [-0.2, 0) is 4.79 Å². The Balaban J connectivity index is 0.00000288. The first kappa shape index (κ1) is 21.5. The Morgan fingerprint density at radius 3 is 2.67 bits per heavy atom. The van der Waals surface area contributed by atoms with Gasteiger partial charge in [0.25, 0.3) is 0 Å². The van der Waals surface area contributed by atoms with E-state index in [1.807, 2.05) is 27.0 Å². The molecule has 4 nitrogen and oxygen atoms in total. The van der Waals surface area contributed by atoms with Crippen LogP contribution in [0.25, 0.3) is 0 Å². The van der Waals surface area contributed by atoms with Gasteiger partial charge in [-0.15, -0.1) is 12.4 Å². The third-order valence-corrected chi connectivity index (χ3v) is 5.14. The van der Waals surface area contributed by atoms with Crippen molar-refractivity contribution >= 4 is 41.5 Å². The molecule has 0 radical (unpaired) electrons. The summed E-state index contributed by atoms with van der Waals surface area (Å²) in [4.78, 5) is 14.8. The van der Waals surface area contributed by atoms with Crippen molar-refractivity contribution in [2.45, 2.75) is 44.8 Å². The van der Waals surface area contributed by atoms with Gasteiger partial charge in [0.1, 0.15) is 0 Å². The van der Waals surface area contributed by atoms with E-state index in [0.717, 1.165) is 31.5 Å². The lowest BCUT2D eigenvalue weighted by molar-refractivity contribution is -0.127. The zero-order valence-electron chi connectivity index (χ0n) is 14.3. The van der Waals surface area contributed by atoms with Crippen molar-refractivity contribution in [3.8, 4) is 0 Å². The molecule has 2 N–H and O–H groups in total. The Morgan fingerprint density at radius 2 is 2.04 bits per heavy atom. The molecule has 0 spiro atoms. The van der Waals surface area contributed by atoms with Gasteiger partial charge < -0.3 is 10.6 Å². The molecule has 1 aromatic rings. The van der Waals surface area contributed by atoms with Crippen molar-refractivity contribution in [2.24, 2.45) is 0 Å². The molecule has 1 amide bonds. The summed E-state index contributed by atoms with van der Waals surface area (Å²) in [7, 11) is 1.98. The Labute approximate surface area is 160 Å². The van der Waals surface area contributed by atoms with Gasteiger partial charge in [-0.2, -0.15) is 0 Å². The van der Waals surface area contributed by atoms with Crippen LogP contribution in [0.1, 0.15) is 38.3 Å². The summed E-state index contributed by atoms with van der Waals surface area (Å²) < 4.78 is 0. The lowest BCUT2D eigenvalue weighted by atomic mass is 10.0. The highest BCUT2D eigenvalue weighted by molar-refractivity contribution is 6.35. The van der Waals surface area contributed by atoms with Crippen molar-refractivity contribution in [2.75, 3.05) is 20.1 Å². The van der Waals surface area contributed by atoms with Gasteiger partial charge in [-0.05, 0) is 58.0 Å². The molecule has 1 aliphatic rings. The SMILES string of the molecule is CNC1CCCN(C(C)C(=O)NC(C)c2ccc(Cl)cc2Cl)C1.Cl. The highest BCUT2D eigenvalue weighted by Gasteiger charge is 2.27. The van der Waals surface area contributed by atoms with Gasteiger partial charge in [-0.1, -0.05) is 29.3 Å². The number of likely N-dealkylation sites (tertiary alicyclic amines) is 1. The standard InChI is InChI=1S/C17H25Cl2N3O.ClH/c1-11(15-7-6-13(18)9-16(15)19)21-17(23)12(2)22-8-4-5-14(10-22)20-3;/h6-7,9,11-12,14,20H,4-5,8,10H2,1-3H3,(H,21,23);1H. The zero-order chi connectivity index (χ0) is 17.0. The Hall–Kier alpha value is -0.520. The molecule has 24 heavy (non-hydrogen) atoms. The van der Waals surface area contributed by atoms with Gasteiger partial charge in [0.05, 0.1) is 12.1 Å². The van der Waals surface area contributed by atoms with Crippen LogP contribution >= 0.6 is 35.6 Å². The molecule has 0 saturated carbocycles. The van der Waals surface area contributed by atoms with Crippen molar-refractivity contribution < 1.29 is 4.79 Å². The van der Waals surface area contributed by atoms with Crippen molar-refractivity contribution in [3.05, 3.63) is 33.8 Å². The Kier molecular flexibility index (Phi) is 8.82. The number of halogens is 3. The monoisotopic (exact) mass is 393 g/mol. The van der Waals surface area contributed by atoms with Crippen molar-refractivity contribution in [1.82, 2.24) is 15.5 Å². The van der Waals surface area contributed by atoms with Crippen LogP contribution in [0, 0.1) is 0 Å². The number of amides is 1. The lowest BCUT2D eigenvalue weighted by Gasteiger charge is -2.36. The van der Waals surface area contributed by atoms with Gasteiger partial charge in [0.15, 0.2) is 0 Å². The number of piperidine rings is 1. The van der Waals surface area contributed by atoms with Crippen molar-refractivity contribution in [1.29, 1.82) is 0 Å². The molecule has 1 aromatic carbocycles. The molecule has 7 heteroatoms. The summed E-state index contributed by atoms with van der Waals surface area (Å²) in [5.74, 6) is 0.0280. The van der Waals surface area contributed by atoms with Gasteiger partial charge >= 0.3 is 0 Å². The fourth-order valence-electron chi connectivity index (χ4n) is 3.02. The maximum absolute atomic E-state index is 12.6. The van der Waals surface area contributed by atoms with Crippen LogP contribution < -0.4 is 10.6 Å². The number of hydrogen-bond donors (Lipinski definition) is 2. The van der Waals surface area contributed by atoms with Crippen LogP contribution in [0.15, 0.2) is 18.2 Å². The van der Waals surface area contributed by atoms with Gasteiger partial charge in [0, 0.05) is 22.6 Å². The molecule has 3 atom stereocenters. The predicted octanol–water partition coefficient (Wildman–Crippen LogP) is 3.66. The highest BCUT2D eigenvalue weighted by Crippen LogP contribution is 2.26. The second kappa shape index (κ2) is 9.83. The summed E-state index contributed by atoms with van der Waals surface area (Å²) in [6, 6.07) is 5.50. The second-order valence-electron chi connectivity index (χ2n) is 6.19. The minimum atomic E-state index is -0.153. The average Bonchev–Trinajstić information content (AvgIpc) is 2.53. The molecule has 0 aliphatic carbocycles. The molecule has 1 heterocycles. The molecule has 1 saturated heterocycles. The smallest absolute Gasteiger partial charge is 0.237 e. The van der Waals surface area contributed by atoms with E-state index in [-0.39, 0.29) is 30.4 Å². The molecule has 136 valence electrons. The molecular weight excluding hydrogens is 369 g/mol.